The van der Waals surface area contributed by atoms with Gasteiger partial charge in [-0.2, -0.15) is 0 Å². The highest BCUT2D eigenvalue weighted by molar-refractivity contribution is 5.59. The van der Waals surface area contributed by atoms with Gasteiger partial charge in [-0.1, -0.05) is 36.4 Å². The molecule has 1 atom stereocenters. The van der Waals surface area contributed by atoms with E-state index in [1.807, 2.05) is 48.5 Å². The van der Waals surface area contributed by atoms with Crippen molar-refractivity contribution in [3.05, 3.63) is 65.4 Å². The zero-order chi connectivity index (χ0) is 17.9. The second-order valence-electron chi connectivity index (χ2n) is 7.02. The summed E-state index contributed by atoms with van der Waals surface area (Å²) < 4.78 is 11.4. The fourth-order valence-electron chi connectivity index (χ4n) is 3.88. The summed E-state index contributed by atoms with van der Waals surface area (Å²) >= 11 is 0. The van der Waals surface area contributed by atoms with Crippen LogP contribution in [0.4, 0.5) is 0 Å². The minimum absolute atomic E-state index is 0.350. The number of fused-ring (bicyclic) bond motifs is 3. The first-order valence-electron chi connectivity index (χ1n) is 9.24. The maximum Gasteiger partial charge on any atom is 0.161 e. The van der Waals surface area contributed by atoms with Crippen LogP contribution < -0.4 is 9.47 Å². The molecular formula is C22H25NO3. The van der Waals surface area contributed by atoms with Gasteiger partial charge in [-0.25, -0.2) is 0 Å². The molecular weight excluding hydrogens is 326 g/mol. The lowest BCUT2D eigenvalue weighted by molar-refractivity contribution is 0.0215. The Morgan fingerprint density at radius 2 is 1.85 bits per heavy atom. The van der Waals surface area contributed by atoms with E-state index >= 15 is 0 Å². The molecule has 2 bridgehead atoms. The lowest BCUT2D eigenvalue weighted by Crippen LogP contribution is -2.48. The Morgan fingerprint density at radius 3 is 2.54 bits per heavy atom. The van der Waals surface area contributed by atoms with Gasteiger partial charge in [0.15, 0.2) is 11.5 Å². The number of piperidine rings is 3. The lowest BCUT2D eigenvalue weighted by Gasteiger charge is -2.45. The Labute approximate surface area is 154 Å². The van der Waals surface area contributed by atoms with E-state index in [0.717, 1.165) is 48.5 Å². The number of methoxy groups -OCH3 is 1. The van der Waals surface area contributed by atoms with E-state index in [0.29, 0.717) is 18.3 Å². The van der Waals surface area contributed by atoms with E-state index < -0.39 is 0 Å². The van der Waals surface area contributed by atoms with Gasteiger partial charge in [0.2, 0.25) is 0 Å². The number of nitrogens with zero attached hydrogens (tertiary/aromatic N) is 1. The molecule has 0 aromatic heterocycles. The van der Waals surface area contributed by atoms with Crippen molar-refractivity contribution in [3.63, 3.8) is 0 Å². The second-order valence-corrected chi connectivity index (χ2v) is 7.02. The van der Waals surface area contributed by atoms with Gasteiger partial charge < -0.3 is 19.5 Å². The largest absolute Gasteiger partial charge is 0.493 e. The first kappa shape index (κ1) is 17.0. The molecule has 3 heterocycles. The molecule has 5 rings (SSSR count). The molecule has 0 saturated carbocycles. The van der Waals surface area contributed by atoms with Gasteiger partial charge in [-0.15, -0.1) is 0 Å². The average molecular weight is 351 g/mol. The van der Waals surface area contributed by atoms with Crippen LogP contribution in [-0.4, -0.2) is 36.3 Å². The Hall–Kier alpha value is -2.46. The highest BCUT2D eigenvalue weighted by Crippen LogP contribution is 2.36. The van der Waals surface area contributed by atoms with Crippen molar-refractivity contribution in [3.8, 4) is 11.5 Å². The van der Waals surface area contributed by atoms with E-state index in [1.165, 1.54) is 0 Å². The molecule has 2 aromatic rings. The molecule has 3 aliphatic heterocycles. The van der Waals surface area contributed by atoms with Gasteiger partial charge in [0.25, 0.3) is 0 Å². The fourth-order valence-corrected chi connectivity index (χ4v) is 3.88. The molecule has 0 amide bonds. The van der Waals surface area contributed by atoms with Crippen LogP contribution in [0.5, 0.6) is 11.5 Å². The van der Waals surface area contributed by atoms with Gasteiger partial charge in [0.05, 0.1) is 13.2 Å². The van der Waals surface area contributed by atoms with Crippen molar-refractivity contribution in [1.82, 2.24) is 4.90 Å². The lowest BCUT2D eigenvalue weighted by atomic mass is 9.83. The molecule has 0 spiro atoms. The third kappa shape index (κ3) is 3.42. The number of hydrogen-bond acceptors (Lipinski definition) is 4. The summed E-state index contributed by atoms with van der Waals surface area (Å²) in [5.74, 6) is 1.84. The number of aliphatic hydroxyl groups excluding tert-OH is 1. The molecule has 2 aromatic carbocycles. The van der Waals surface area contributed by atoms with Crippen molar-refractivity contribution in [2.24, 2.45) is 5.92 Å². The minimum Gasteiger partial charge on any atom is -0.493 e. The highest BCUT2D eigenvalue weighted by Gasteiger charge is 2.36. The van der Waals surface area contributed by atoms with Crippen molar-refractivity contribution in [1.29, 1.82) is 0 Å². The van der Waals surface area contributed by atoms with Gasteiger partial charge in [0, 0.05) is 18.8 Å². The van der Waals surface area contributed by atoms with Gasteiger partial charge in [-0.3, -0.25) is 0 Å². The predicted molar refractivity (Wildman–Crippen MR) is 102 cm³/mol. The zero-order valence-corrected chi connectivity index (χ0v) is 15.1. The molecule has 136 valence electrons. The third-order valence-corrected chi connectivity index (χ3v) is 5.39. The van der Waals surface area contributed by atoms with E-state index in [2.05, 4.69) is 11.0 Å². The SMILES string of the molecule is COc1cc(/C=C2/C(O)C3CCN2CC3)ccc1OCc1ccccc1. The van der Waals surface area contributed by atoms with Crippen molar-refractivity contribution >= 4 is 6.08 Å². The van der Waals surface area contributed by atoms with Crippen LogP contribution >= 0.6 is 0 Å². The number of benzene rings is 2. The summed E-state index contributed by atoms with van der Waals surface area (Å²) in [6, 6.07) is 16.0. The molecule has 3 saturated heterocycles. The smallest absolute Gasteiger partial charge is 0.161 e. The number of ether oxygens (including phenoxy) is 2. The Morgan fingerprint density at radius 1 is 1.08 bits per heavy atom. The van der Waals surface area contributed by atoms with Gasteiger partial charge >= 0.3 is 0 Å². The van der Waals surface area contributed by atoms with E-state index in [4.69, 9.17) is 9.47 Å². The Balaban J connectivity index is 1.53. The molecule has 4 nitrogen and oxygen atoms in total. The molecule has 26 heavy (non-hydrogen) atoms. The molecule has 3 fully saturated rings. The van der Waals surface area contributed by atoms with Crippen LogP contribution in [0.2, 0.25) is 0 Å². The maximum atomic E-state index is 10.5. The fraction of sp³-hybridized carbons (Fsp3) is 0.364. The third-order valence-electron chi connectivity index (χ3n) is 5.39. The average Bonchev–Trinajstić information content (AvgIpc) is 2.70. The van der Waals surface area contributed by atoms with Gasteiger partial charge in [-0.05, 0) is 48.1 Å². The summed E-state index contributed by atoms with van der Waals surface area (Å²) in [6.07, 6.45) is 3.92. The van der Waals surface area contributed by atoms with Crippen LogP contribution in [0, 0.1) is 5.92 Å². The van der Waals surface area contributed by atoms with Crippen LogP contribution in [0.15, 0.2) is 54.2 Å². The van der Waals surface area contributed by atoms with Gasteiger partial charge in [0.1, 0.15) is 6.61 Å². The van der Waals surface area contributed by atoms with E-state index in [1.54, 1.807) is 7.11 Å². The summed E-state index contributed by atoms with van der Waals surface area (Å²) in [6.45, 7) is 2.59. The van der Waals surface area contributed by atoms with Crippen LogP contribution in [-0.2, 0) is 6.61 Å². The Bertz CT molecular complexity index is 775. The normalized spacial score (nSPS) is 23.3. The number of hydrogen-bond donors (Lipinski definition) is 1. The topological polar surface area (TPSA) is 41.9 Å². The Kier molecular flexibility index (Phi) is 4.85. The first-order valence-corrected chi connectivity index (χ1v) is 9.24. The molecule has 0 aliphatic carbocycles. The van der Waals surface area contributed by atoms with Crippen molar-refractivity contribution in [2.75, 3.05) is 20.2 Å². The minimum atomic E-state index is -0.350. The second kappa shape index (κ2) is 7.42. The van der Waals surface area contributed by atoms with Crippen LogP contribution in [0.3, 0.4) is 0 Å². The highest BCUT2D eigenvalue weighted by atomic mass is 16.5. The zero-order valence-electron chi connectivity index (χ0n) is 15.1. The molecule has 0 radical (unpaired) electrons. The standard InChI is InChI=1S/C22H25NO3/c1-25-21-14-17(13-19-22(24)18-9-11-23(19)12-10-18)7-8-20(21)26-15-16-5-3-2-4-6-16/h2-8,13-14,18,22,24H,9-12,15H2,1H3/b19-13-. The molecule has 4 heteroatoms. The summed E-state index contributed by atoms with van der Waals surface area (Å²) in [4.78, 5) is 2.30. The predicted octanol–water partition coefficient (Wildman–Crippen LogP) is 3.70. The summed E-state index contributed by atoms with van der Waals surface area (Å²) in [7, 11) is 1.66. The number of aliphatic hydroxyl groups is 1. The summed E-state index contributed by atoms with van der Waals surface area (Å²) in [5.41, 5.74) is 3.18. The van der Waals surface area contributed by atoms with E-state index in [9.17, 15) is 5.11 Å². The van der Waals surface area contributed by atoms with E-state index in [-0.39, 0.29) is 6.10 Å². The van der Waals surface area contributed by atoms with Crippen LogP contribution in [0.1, 0.15) is 24.0 Å². The van der Waals surface area contributed by atoms with Crippen molar-refractivity contribution in [2.45, 2.75) is 25.6 Å². The molecule has 3 aliphatic rings. The van der Waals surface area contributed by atoms with Crippen LogP contribution in [0.25, 0.3) is 6.08 Å². The number of rotatable bonds is 5. The molecule has 1 unspecified atom stereocenters. The van der Waals surface area contributed by atoms with Crippen molar-refractivity contribution < 1.29 is 14.6 Å². The summed E-state index contributed by atoms with van der Waals surface area (Å²) in [5, 5.41) is 10.5. The maximum absolute atomic E-state index is 10.5. The quantitative estimate of drug-likeness (QED) is 0.892. The monoisotopic (exact) mass is 351 g/mol. The first-order chi connectivity index (χ1) is 12.7. The molecule has 1 N–H and O–H groups in total.